The number of anilines is 1. The third kappa shape index (κ3) is 3.50. The Labute approximate surface area is 147 Å². The van der Waals surface area contributed by atoms with E-state index < -0.39 is 0 Å². The number of nitriles is 1. The largest absolute Gasteiger partial charge is 0.439 e. The second-order valence-corrected chi connectivity index (χ2v) is 6.15. The van der Waals surface area contributed by atoms with Crippen molar-refractivity contribution in [2.45, 2.75) is 32.7 Å². The van der Waals surface area contributed by atoms with Crippen molar-refractivity contribution in [3.63, 3.8) is 0 Å². The van der Waals surface area contributed by atoms with E-state index in [1.54, 1.807) is 4.90 Å². The quantitative estimate of drug-likeness (QED) is 0.838. The highest BCUT2D eigenvalue weighted by molar-refractivity contribution is 5.82. The Balaban J connectivity index is 1.78. The second kappa shape index (κ2) is 7.39. The molecule has 25 heavy (non-hydrogen) atoms. The van der Waals surface area contributed by atoms with Crippen molar-refractivity contribution in [2.24, 2.45) is 0 Å². The van der Waals surface area contributed by atoms with E-state index in [4.69, 9.17) is 4.42 Å². The van der Waals surface area contributed by atoms with Crippen LogP contribution in [0, 0.1) is 18.3 Å². The van der Waals surface area contributed by atoms with Gasteiger partial charge in [-0.25, -0.2) is 0 Å². The highest BCUT2D eigenvalue weighted by Gasteiger charge is 2.30. The molecule has 3 rings (SSSR count). The molecule has 0 saturated carbocycles. The zero-order chi connectivity index (χ0) is 17.8. The lowest BCUT2D eigenvalue weighted by Gasteiger charge is -2.25. The molecule has 1 aromatic heterocycles. The molecule has 1 saturated heterocycles. The third-order valence-corrected chi connectivity index (χ3v) is 4.52. The molecular formula is C19H22N4O2. The third-order valence-electron chi connectivity index (χ3n) is 4.52. The molecule has 0 bridgehead atoms. The number of aryl methyl sites for hydroxylation is 1. The van der Waals surface area contributed by atoms with Crippen molar-refractivity contribution < 1.29 is 9.21 Å². The molecule has 1 aromatic carbocycles. The minimum absolute atomic E-state index is 0.0328. The lowest BCUT2D eigenvalue weighted by molar-refractivity contribution is -0.129. The van der Waals surface area contributed by atoms with Gasteiger partial charge in [-0.15, -0.1) is 0 Å². The smallest absolute Gasteiger partial charge is 0.243 e. The van der Waals surface area contributed by atoms with Crippen LogP contribution in [0.2, 0.25) is 0 Å². The summed E-state index contributed by atoms with van der Waals surface area (Å²) in [5.74, 6) is 1.89. The van der Waals surface area contributed by atoms with Gasteiger partial charge in [-0.3, -0.25) is 4.79 Å². The van der Waals surface area contributed by atoms with Crippen molar-refractivity contribution in [1.82, 2.24) is 9.88 Å². The summed E-state index contributed by atoms with van der Waals surface area (Å²) in [5.41, 5.74) is 0.906. The van der Waals surface area contributed by atoms with Crippen LogP contribution in [0.3, 0.4) is 0 Å². The number of carbonyl (C=O) groups excluding carboxylic acids is 1. The molecule has 1 amide bonds. The number of likely N-dealkylation sites (tertiary alicyclic amines) is 1. The first kappa shape index (κ1) is 17.0. The van der Waals surface area contributed by atoms with Gasteiger partial charge in [-0.05, 0) is 38.8 Å². The number of amides is 1. The van der Waals surface area contributed by atoms with Gasteiger partial charge >= 0.3 is 0 Å². The fourth-order valence-electron chi connectivity index (χ4n) is 3.18. The monoisotopic (exact) mass is 338 g/mol. The molecule has 1 fully saturated rings. The lowest BCUT2D eigenvalue weighted by atomic mass is 10.2. The first-order valence-corrected chi connectivity index (χ1v) is 8.61. The van der Waals surface area contributed by atoms with Crippen molar-refractivity contribution in [2.75, 3.05) is 24.5 Å². The molecule has 2 heterocycles. The Morgan fingerprint density at radius 3 is 2.88 bits per heavy atom. The first-order chi connectivity index (χ1) is 12.1. The topological polar surface area (TPSA) is 73.4 Å². The molecule has 0 unspecified atom stereocenters. The molecule has 2 aromatic rings. The molecule has 0 aliphatic carbocycles. The highest BCUT2D eigenvalue weighted by Crippen LogP contribution is 2.27. The van der Waals surface area contributed by atoms with E-state index in [-0.39, 0.29) is 18.5 Å². The van der Waals surface area contributed by atoms with Crippen molar-refractivity contribution in [3.05, 3.63) is 36.1 Å². The van der Waals surface area contributed by atoms with Crippen LogP contribution in [-0.4, -0.2) is 41.5 Å². The summed E-state index contributed by atoms with van der Waals surface area (Å²) in [6.07, 6.45) is 1.65. The van der Waals surface area contributed by atoms with Crippen LogP contribution in [0.5, 0.6) is 0 Å². The summed E-state index contributed by atoms with van der Waals surface area (Å²) in [5, 5.41) is 9.18. The van der Waals surface area contributed by atoms with E-state index in [0.717, 1.165) is 18.4 Å². The number of carbonyl (C=O) groups is 1. The predicted octanol–water partition coefficient (Wildman–Crippen LogP) is 2.99. The van der Waals surface area contributed by atoms with Gasteiger partial charge in [-0.2, -0.15) is 10.2 Å². The highest BCUT2D eigenvalue weighted by atomic mass is 16.4. The van der Waals surface area contributed by atoms with Gasteiger partial charge in [0.2, 0.25) is 11.8 Å². The minimum Gasteiger partial charge on any atom is -0.439 e. The van der Waals surface area contributed by atoms with Gasteiger partial charge in [0.15, 0.2) is 5.82 Å². The van der Waals surface area contributed by atoms with Gasteiger partial charge in [0, 0.05) is 18.7 Å². The maximum Gasteiger partial charge on any atom is 0.243 e. The summed E-state index contributed by atoms with van der Waals surface area (Å²) in [6, 6.07) is 11.6. The Hall–Kier alpha value is -2.81. The molecule has 0 spiro atoms. The molecular weight excluding hydrogens is 316 g/mol. The summed E-state index contributed by atoms with van der Waals surface area (Å²) >= 11 is 0. The van der Waals surface area contributed by atoms with Gasteiger partial charge in [-0.1, -0.05) is 18.2 Å². The van der Waals surface area contributed by atoms with Crippen LogP contribution in [0.1, 0.15) is 25.5 Å². The number of hydrogen-bond acceptors (Lipinski definition) is 5. The van der Waals surface area contributed by atoms with Gasteiger partial charge in [0.1, 0.15) is 11.8 Å². The molecule has 0 radical (unpaired) electrons. The average Bonchev–Trinajstić information content (AvgIpc) is 3.27. The number of benzene rings is 1. The number of rotatable bonds is 5. The maximum atomic E-state index is 12.6. The van der Waals surface area contributed by atoms with Gasteiger partial charge in [0.05, 0.1) is 12.6 Å². The number of oxazole rings is 1. The summed E-state index contributed by atoms with van der Waals surface area (Å²) in [7, 11) is 0. The van der Waals surface area contributed by atoms with Gasteiger partial charge in [0.25, 0.3) is 0 Å². The fourth-order valence-corrected chi connectivity index (χ4v) is 3.18. The zero-order valence-corrected chi connectivity index (χ0v) is 14.6. The Kier molecular flexibility index (Phi) is 5.03. The van der Waals surface area contributed by atoms with E-state index in [9.17, 15) is 10.1 Å². The molecule has 6 nitrogen and oxygen atoms in total. The van der Waals surface area contributed by atoms with Crippen molar-refractivity contribution in [1.29, 1.82) is 5.26 Å². The molecule has 0 N–H and O–H groups in total. The van der Waals surface area contributed by atoms with E-state index in [0.29, 0.717) is 30.6 Å². The van der Waals surface area contributed by atoms with E-state index in [1.807, 2.05) is 49.1 Å². The van der Waals surface area contributed by atoms with Crippen LogP contribution >= 0.6 is 0 Å². The minimum atomic E-state index is -0.301. The Bertz CT molecular complexity index is 778. The molecule has 1 aliphatic rings. The van der Waals surface area contributed by atoms with Crippen molar-refractivity contribution in [3.8, 4) is 17.5 Å². The predicted molar refractivity (Wildman–Crippen MR) is 94.9 cm³/mol. The molecule has 1 atom stereocenters. The number of hydrogen-bond donors (Lipinski definition) is 0. The summed E-state index contributed by atoms with van der Waals surface area (Å²) < 4.78 is 5.80. The summed E-state index contributed by atoms with van der Waals surface area (Å²) in [4.78, 5) is 20.8. The molecule has 6 heteroatoms. The number of likely N-dealkylation sites (N-methyl/N-ethyl adjacent to an activating group) is 1. The summed E-state index contributed by atoms with van der Waals surface area (Å²) in [6.45, 7) is 5.33. The SMILES string of the molecule is CCN(CC(=O)N1CCC[C@H]1C#N)c1nc(-c2ccccc2)oc1C. The van der Waals surface area contributed by atoms with E-state index >= 15 is 0 Å². The normalized spacial score (nSPS) is 16.7. The van der Waals surface area contributed by atoms with Crippen LogP contribution in [0.25, 0.3) is 11.5 Å². The number of aromatic nitrogens is 1. The molecule has 1 aliphatic heterocycles. The fraction of sp³-hybridized carbons (Fsp3) is 0.421. The van der Waals surface area contributed by atoms with Crippen LogP contribution < -0.4 is 4.90 Å². The lowest BCUT2D eigenvalue weighted by Crippen LogP contribution is -2.42. The van der Waals surface area contributed by atoms with Crippen LogP contribution in [0.4, 0.5) is 5.82 Å². The zero-order valence-electron chi connectivity index (χ0n) is 14.6. The van der Waals surface area contributed by atoms with Crippen LogP contribution in [0.15, 0.2) is 34.7 Å². The maximum absolute atomic E-state index is 12.6. The number of nitrogens with zero attached hydrogens (tertiary/aromatic N) is 4. The van der Waals surface area contributed by atoms with E-state index in [1.165, 1.54) is 0 Å². The van der Waals surface area contributed by atoms with Crippen molar-refractivity contribution >= 4 is 11.7 Å². The van der Waals surface area contributed by atoms with Gasteiger partial charge < -0.3 is 14.2 Å². The first-order valence-electron chi connectivity index (χ1n) is 8.61. The molecule has 130 valence electrons. The standard InChI is InChI=1S/C19H22N4O2/c1-3-22(13-17(24)23-11-7-10-16(23)12-20)18-14(2)25-19(21-18)15-8-5-4-6-9-15/h4-6,8-9,16H,3,7,10-11,13H2,1-2H3/t16-/m0/s1. The van der Waals surface area contributed by atoms with E-state index in [2.05, 4.69) is 11.1 Å². The second-order valence-electron chi connectivity index (χ2n) is 6.15. The Morgan fingerprint density at radius 1 is 1.44 bits per heavy atom. The van der Waals surface area contributed by atoms with Crippen LogP contribution in [-0.2, 0) is 4.79 Å². The Morgan fingerprint density at radius 2 is 2.20 bits per heavy atom. The average molecular weight is 338 g/mol.